The number of hydrogen-bond donors (Lipinski definition) is 2. The van der Waals surface area contributed by atoms with Crippen LogP contribution in [0.1, 0.15) is 44.1 Å². The molecule has 1 aromatic carbocycles. The summed E-state index contributed by atoms with van der Waals surface area (Å²) < 4.78 is 5.98. The Morgan fingerprint density at radius 2 is 1.96 bits per heavy atom. The zero-order valence-electron chi connectivity index (χ0n) is 16.2. The van der Waals surface area contributed by atoms with Crippen molar-refractivity contribution in [3.63, 3.8) is 0 Å². The van der Waals surface area contributed by atoms with Gasteiger partial charge >= 0.3 is 0 Å². The van der Waals surface area contributed by atoms with E-state index in [0.717, 1.165) is 37.3 Å². The fourth-order valence-electron chi connectivity index (χ4n) is 3.36. The molecular weight excluding hydrogens is 324 g/mol. The average molecular weight is 359 g/mol. The quantitative estimate of drug-likeness (QED) is 0.383. The Labute approximate surface area is 158 Å². The molecule has 144 valence electrons. The first-order chi connectivity index (χ1) is 12.8. The molecule has 2 fully saturated rings. The Hall–Kier alpha value is -1.75. The van der Waals surface area contributed by atoms with Gasteiger partial charge < -0.3 is 20.3 Å². The predicted molar refractivity (Wildman–Crippen MR) is 108 cm³/mol. The number of likely N-dealkylation sites (tertiary alicyclic amines) is 1. The lowest BCUT2D eigenvalue weighted by Gasteiger charge is -2.16. The Morgan fingerprint density at radius 3 is 2.73 bits per heavy atom. The van der Waals surface area contributed by atoms with Crippen molar-refractivity contribution in [1.29, 1.82) is 0 Å². The van der Waals surface area contributed by atoms with Gasteiger partial charge in [0.15, 0.2) is 5.96 Å². The second-order valence-corrected chi connectivity index (χ2v) is 7.47. The maximum atomic E-state index is 5.98. The molecule has 0 spiro atoms. The summed E-state index contributed by atoms with van der Waals surface area (Å²) in [4.78, 5) is 6.91. The molecule has 0 amide bonds. The van der Waals surface area contributed by atoms with E-state index >= 15 is 0 Å². The van der Waals surface area contributed by atoms with Crippen LogP contribution in [0.2, 0.25) is 0 Å². The lowest BCUT2D eigenvalue weighted by Crippen LogP contribution is -2.37. The molecule has 1 saturated heterocycles. The van der Waals surface area contributed by atoms with E-state index < -0.39 is 0 Å². The molecule has 0 bridgehead atoms. The minimum atomic E-state index is 0.730. The van der Waals surface area contributed by atoms with Gasteiger partial charge in [-0.25, -0.2) is 0 Å². The van der Waals surface area contributed by atoms with Gasteiger partial charge in [-0.05, 0) is 70.1 Å². The van der Waals surface area contributed by atoms with Crippen LogP contribution in [0.15, 0.2) is 29.3 Å². The van der Waals surface area contributed by atoms with Crippen LogP contribution in [0.3, 0.4) is 0 Å². The summed E-state index contributed by atoms with van der Waals surface area (Å²) in [6.07, 6.45) is 7.81. The molecule has 1 aromatic rings. The number of aliphatic imine (C=N–C) groups is 1. The molecule has 5 nitrogen and oxygen atoms in total. The molecule has 1 saturated carbocycles. The molecule has 0 radical (unpaired) electrons. The Morgan fingerprint density at radius 1 is 1.15 bits per heavy atom. The molecular formula is C21H34N4O. The van der Waals surface area contributed by atoms with Crippen LogP contribution in [0.25, 0.3) is 0 Å². The number of benzene rings is 1. The number of unbranched alkanes of at least 4 members (excludes halogenated alkanes) is 1. The second kappa shape index (κ2) is 10.4. The van der Waals surface area contributed by atoms with E-state index in [1.165, 1.54) is 63.7 Å². The van der Waals surface area contributed by atoms with Crippen molar-refractivity contribution in [2.45, 2.75) is 45.1 Å². The molecule has 1 heterocycles. The van der Waals surface area contributed by atoms with Gasteiger partial charge in [0.25, 0.3) is 0 Å². The van der Waals surface area contributed by atoms with Crippen LogP contribution in [0.4, 0.5) is 0 Å². The highest BCUT2D eigenvalue weighted by molar-refractivity contribution is 5.79. The van der Waals surface area contributed by atoms with Gasteiger partial charge in [-0.3, -0.25) is 4.99 Å². The van der Waals surface area contributed by atoms with Gasteiger partial charge in [0, 0.05) is 25.7 Å². The highest BCUT2D eigenvalue weighted by Crippen LogP contribution is 2.30. The molecule has 0 aromatic heterocycles. The largest absolute Gasteiger partial charge is 0.493 e. The van der Waals surface area contributed by atoms with Crippen LogP contribution in [0.5, 0.6) is 5.75 Å². The number of guanidine groups is 1. The molecule has 5 heteroatoms. The van der Waals surface area contributed by atoms with Crippen molar-refractivity contribution in [2.24, 2.45) is 10.9 Å². The third kappa shape index (κ3) is 6.52. The molecule has 2 N–H and O–H groups in total. The zero-order chi connectivity index (χ0) is 18.0. The van der Waals surface area contributed by atoms with Gasteiger partial charge in [-0.1, -0.05) is 18.2 Å². The number of ether oxygens (including phenoxy) is 1. The maximum Gasteiger partial charge on any atom is 0.191 e. The highest BCUT2D eigenvalue weighted by Gasteiger charge is 2.22. The van der Waals surface area contributed by atoms with E-state index in [2.05, 4.69) is 38.7 Å². The fraction of sp³-hybridized carbons (Fsp3) is 0.667. The Bertz CT molecular complexity index is 565. The lowest BCUT2D eigenvalue weighted by atomic mass is 10.2. The standard InChI is InChI=1S/C21H34N4O/c1-22-21(23-12-4-5-13-25-14-6-7-15-25)24-16-19-8-2-3-9-20(19)26-17-18-10-11-18/h2-3,8-9,18H,4-7,10-17H2,1H3,(H2,22,23,24). The van der Waals surface area contributed by atoms with Crippen molar-refractivity contribution < 1.29 is 4.74 Å². The topological polar surface area (TPSA) is 48.9 Å². The number of hydrogen-bond acceptors (Lipinski definition) is 3. The predicted octanol–water partition coefficient (Wildman–Crippen LogP) is 3.02. The zero-order valence-corrected chi connectivity index (χ0v) is 16.2. The smallest absolute Gasteiger partial charge is 0.191 e. The minimum Gasteiger partial charge on any atom is -0.493 e. The maximum absolute atomic E-state index is 5.98. The molecule has 3 rings (SSSR count). The molecule has 1 aliphatic carbocycles. The molecule has 0 unspecified atom stereocenters. The van der Waals surface area contributed by atoms with Crippen molar-refractivity contribution in [2.75, 3.05) is 39.8 Å². The van der Waals surface area contributed by atoms with Gasteiger partial charge in [0.2, 0.25) is 0 Å². The van der Waals surface area contributed by atoms with Crippen LogP contribution >= 0.6 is 0 Å². The van der Waals surface area contributed by atoms with E-state index in [9.17, 15) is 0 Å². The number of para-hydroxylation sites is 1. The SMILES string of the molecule is CN=C(NCCCCN1CCCC1)NCc1ccccc1OCC1CC1. The van der Waals surface area contributed by atoms with Gasteiger partial charge in [0.05, 0.1) is 6.61 Å². The van der Waals surface area contributed by atoms with Crippen LogP contribution in [0, 0.1) is 5.92 Å². The third-order valence-electron chi connectivity index (χ3n) is 5.21. The minimum absolute atomic E-state index is 0.730. The van der Waals surface area contributed by atoms with Crippen molar-refractivity contribution in [3.05, 3.63) is 29.8 Å². The molecule has 1 aliphatic heterocycles. The summed E-state index contributed by atoms with van der Waals surface area (Å²) >= 11 is 0. The van der Waals surface area contributed by atoms with E-state index in [0.29, 0.717) is 0 Å². The normalized spacial score (nSPS) is 18.1. The number of rotatable bonds is 10. The summed E-state index contributed by atoms with van der Waals surface area (Å²) in [6.45, 7) is 6.36. The van der Waals surface area contributed by atoms with E-state index in [1.54, 1.807) is 0 Å². The Kier molecular flexibility index (Phi) is 7.62. The summed E-state index contributed by atoms with van der Waals surface area (Å²) in [7, 11) is 1.83. The van der Waals surface area contributed by atoms with E-state index in [1.807, 2.05) is 13.1 Å². The first-order valence-electron chi connectivity index (χ1n) is 10.2. The van der Waals surface area contributed by atoms with Crippen molar-refractivity contribution in [1.82, 2.24) is 15.5 Å². The van der Waals surface area contributed by atoms with Crippen molar-refractivity contribution in [3.8, 4) is 5.75 Å². The monoisotopic (exact) mass is 358 g/mol. The highest BCUT2D eigenvalue weighted by atomic mass is 16.5. The summed E-state index contributed by atoms with van der Waals surface area (Å²) in [5.74, 6) is 2.63. The third-order valence-corrected chi connectivity index (χ3v) is 5.21. The molecule has 2 aliphatic rings. The second-order valence-electron chi connectivity index (χ2n) is 7.47. The van der Waals surface area contributed by atoms with Crippen LogP contribution in [-0.4, -0.2) is 50.7 Å². The van der Waals surface area contributed by atoms with E-state index in [4.69, 9.17) is 4.74 Å². The van der Waals surface area contributed by atoms with Crippen molar-refractivity contribution >= 4 is 5.96 Å². The first kappa shape index (κ1) is 19.0. The first-order valence-corrected chi connectivity index (χ1v) is 10.2. The van der Waals surface area contributed by atoms with Gasteiger partial charge in [-0.2, -0.15) is 0 Å². The average Bonchev–Trinajstić information content (AvgIpc) is 3.36. The summed E-state index contributed by atoms with van der Waals surface area (Å²) in [5, 5.41) is 6.83. The molecule has 0 atom stereocenters. The number of nitrogens with zero attached hydrogens (tertiary/aromatic N) is 2. The summed E-state index contributed by atoms with van der Waals surface area (Å²) in [5.41, 5.74) is 1.19. The Balaban J connectivity index is 1.34. The van der Waals surface area contributed by atoms with Gasteiger partial charge in [0.1, 0.15) is 5.75 Å². The van der Waals surface area contributed by atoms with Crippen LogP contribution in [-0.2, 0) is 6.54 Å². The summed E-state index contributed by atoms with van der Waals surface area (Å²) in [6, 6.07) is 8.29. The number of nitrogens with one attached hydrogen (secondary N) is 2. The van der Waals surface area contributed by atoms with Crippen LogP contribution < -0.4 is 15.4 Å². The fourth-order valence-corrected chi connectivity index (χ4v) is 3.36. The molecule has 26 heavy (non-hydrogen) atoms. The van der Waals surface area contributed by atoms with Gasteiger partial charge in [-0.15, -0.1) is 0 Å². The van der Waals surface area contributed by atoms with E-state index in [-0.39, 0.29) is 0 Å². The lowest BCUT2D eigenvalue weighted by molar-refractivity contribution is 0.296.